The summed E-state index contributed by atoms with van der Waals surface area (Å²) in [7, 11) is 2.02. The van der Waals surface area contributed by atoms with E-state index in [4.69, 9.17) is 28.9 Å². The van der Waals surface area contributed by atoms with Crippen LogP contribution >= 0.6 is 23.2 Å². The van der Waals surface area contributed by atoms with Crippen LogP contribution in [-0.2, 0) is 13.1 Å². The van der Waals surface area contributed by atoms with E-state index in [1.54, 1.807) is 0 Å². The van der Waals surface area contributed by atoms with Gasteiger partial charge in [0.05, 0.1) is 0 Å². The molecule has 0 radical (unpaired) electrons. The smallest absolute Gasteiger partial charge is 0.0471 e. The quantitative estimate of drug-likeness (QED) is 0.920. The molecule has 0 fully saturated rings. The lowest BCUT2D eigenvalue weighted by Crippen LogP contribution is -2.19. The molecular formula is C15H16Cl2N2. The van der Waals surface area contributed by atoms with Gasteiger partial charge in [-0.1, -0.05) is 41.4 Å². The second kappa shape index (κ2) is 6.29. The van der Waals surface area contributed by atoms with Crippen molar-refractivity contribution in [2.24, 2.45) is 5.73 Å². The molecule has 0 aliphatic carbocycles. The van der Waals surface area contributed by atoms with Gasteiger partial charge in [-0.05, 0) is 29.8 Å². The lowest BCUT2D eigenvalue weighted by molar-refractivity contribution is 0.904. The van der Waals surface area contributed by atoms with Crippen LogP contribution in [-0.4, -0.2) is 7.05 Å². The number of hydrogen-bond donors (Lipinski definition) is 1. The number of anilines is 1. The Labute approximate surface area is 123 Å². The molecule has 2 aromatic rings. The third kappa shape index (κ3) is 3.41. The number of nitrogens with zero attached hydrogens (tertiary/aromatic N) is 1. The number of benzene rings is 2. The third-order valence-corrected chi connectivity index (χ3v) is 3.61. The van der Waals surface area contributed by atoms with Crippen molar-refractivity contribution < 1.29 is 0 Å². The molecule has 2 rings (SSSR count). The van der Waals surface area contributed by atoms with Gasteiger partial charge in [0, 0.05) is 41.4 Å². The maximum absolute atomic E-state index is 6.17. The number of nitrogens with two attached hydrogens (primary N) is 1. The van der Waals surface area contributed by atoms with E-state index < -0.39 is 0 Å². The molecule has 0 amide bonds. The average molecular weight is 295 g/mol. The Bertz CT molecular complexity index is 570. The lowest BCUT2D eigenvalue weighted by Gasteiger charge is -2.23. The van der Waals surface area contributed by atoms with Crippen molar-refractivity contribution in [3.8, 4) is 0 Å². The molecule has 0 spiro atoms. The molecule has 2 N–H and O–H groups in total. The Hall–Kier alpha value is -1.22. The minimum Gasteiger partial charge on any atom is -0.370 e. The highest BCUT2D eigenvalue weighted by Crippen LogP contribution is 2.27. The molecule has 0 aliphatic rings. The fourth-order valence-electron chi connectivity index (χ4n) is 2.10. The Balaban J connectivity index is 2.25. The van der Waals surface area contributed by atoms with Crippen LogP contribution in [0.15, 0.2) is 42.5 Å². The third-order valence-electron chi connectivity index (χ3n) is 3.02. The molecule has 0 unspecified atom stereocenters. The van der Waals surface area contributed by atoms with Crippen molar-refractivity contribution >= 4 is 28.9 Å². The zero-order valence-electron chi connectivity index (χ0n) is 10.7. The highest BCUT2D eigenvalue weighted by Gasteiger charge is 2.10. The molecule has 0 saturated carbocycles. The summed E-state index contributed by atoms with van der Waals surface area (Å²) < 4.78 is 0. The molecule has 0 heterocycles. The van der Waals surface area contributed by atoms with Gasteiger partial charge in [-0.3, -0.25) is 0 Å². The minimum absolute atomic E-state index is 0.425. The molecule has 2 aromatic carbocycles. The van der Waals surface area contributed by atoms with Crippen molar-refractivity contribution in [1.82, 2.24) is 0 Å². The van der Waals surface area contributed by atoms with E-state index in [9.17, 15) is 0 Å². The lowest BCUT2D eigenvalue weighted by atomic mass is 10.1. The first kappa shape index (κ1) is 14.2. The molecule has 100 valence electrons. The summed E-state index contributed by atoms with van der Waals surface area (Å²) in [4.78, 5) is 2.12. The maximum Gasteiger partial charge on any atom is 0.0471 e. The van der Waals surface area contributed by atoms with Gasteiger partial charge in [0.1, 0.15) is 0 Å². The van der Waals surface area contributed by atoms with Crippen molar-refractivity contribution in [3.05, 3.63) is 63.6 Å². The Morgan fingerprint density at radius 3 is 2.53 bits per heavy atom. The van der Waals surface area contributed by atoms with Crippen molar-refractivity contribution in [2.45, 2.75) is 13.1 Å². The fourth-order valence-corrected chi connectivity index (χ4v) is 2.56. The molecule has 0 aromatic heterocycles. The van der Waals surface area contributed by atoms with Crippen molar-refractivity contribution in [1.29, 1.82) is 0 Å². The molecule has 0 bridgehead atoms. The standard InChI is InChI=1S/C15H16Cl2N2/c1-19(10-11-4-2-5-12(16)8-11)15-7-3-6-14(17)13(15)9-18/h2-8H,9-10,18H2,1H3. The van der Waals surface area contributed by atoms with Gasteiger partial charge in [-0.2, -0.15) is 0 Å². The highest BCUT2D eigenvalue weighted by molar-refractivity contribution is 6.31. The Morgan fingerprint density at radius 2 is 1.84 bits per heavy atom. The number of halogens is 2. The Kier molecular flexibility index (Phi) is 4.70. The van der Waals surface area contributed by atoms with E-state index >= 15 is 0 Å². The van der Waals surface area contributed by atoms with E-state index in [-0.39, 0.29) is 0 Å². The summed E-state index contributed by atoms with van der Waals surface area (Å²) in [6.45, 7) is 1.18. The van der Waals surface area contributed by atoms with Gasteiger partial charge < -0.3 is 10.6 Å². The summed E-state index contributed by atoms with van der Waals surface area (Å²) in [5, 5.41) is 1.45. The number of rotatable bonds is 4. The molecule has 0 atom stereocenters. The van der Waals surface area contributed by atoms with E-state index in [1.807, 2.05) is 43.4 Å². The van der Waals surface area contributed by atoms with Crippen LogP contribution in [0.25, 0.3) is 0 Å². The van der Waals surface area contributed by atoms with Gasteiger partial charge >= 0.3 is 0 Å². The summed E-state index contributed by atoms with van der Waals surface area (Å²) in [5.74, 6) is 0. The van der Waals surface area contributed by atoms with E-state index in [0.717, 1.165) is 28.4 Å². The summed E-state index contributed by atoms with van der Waals surface area (Å²) >= 11 is 12.2. The van der Waals surface area contributed by atoms with E-state index in [2.05, 4.69) is 11.0 Å². The van der Waals surface area contributed by atoms with Gasteiger partial charge in [0.2, 0.25) is 0 Å². The molecule has 0 saturated heterocycles. The number of hydrogen-bond acceptors (Lipinski definition) is 2. The van der Waals surface area contributed by atoms with Crippen molar-refractivity contribution in [2.75, 3.05) is 11.9 Å². The summed E-state index contributed by atoms with van der Waals surface area (Å²) in [6.07, 6.45) is 0. The monoisotopic (exact) mass is 294 g/mol. The molecule has 4 heteroatoms. The van der Waals surface area contributed by atoms with E-state index in [1.165, 1.54) is 0 Å². The molecular weight excluding hydrogens is 279 g/mol. The van der Waals surface area contributed by atoms with Crippen LogP contribution in [0.2, 0.25) is 10.0 Å². The SMILES string of the molecule is CN(Cc1cccc(Cl)c1)c1cccc(Cl)c1CN. The van der Waals surface area contributed by atoms with Crippen LogP contribution in [0.3, 0.4) is 0 Å². The largest absolute Gasteiger partial charge is 0.370 e. The first-order chi connectivity index (χ1) is 9.11. The van der Waals surface area contributed by atoms with Crippen LogP contribution in [0.1, 0.15) is 11.1 Å². The normalized spacial score (nSPS) is 10.5. The average Bonchev–Trinajstić information content (AvgIpc) is 2.38. The Morgan fingerprint density at radius 1 is 1.11 bits per heavy atom. The van der Waals surface area contributed by atoms with Crippen LogP contribution in [0.5, 0.6) is 0 Å². The van der Waals surface area contributed by atoms with Gasteiger partial charge in [0.15, 0.2) is 0 Å². The summed E-state index contributed by atoms with van der Waals surface area (Å²) in [5.41, 5.74) is 8.94. The molecule has 0 aliphatic heterocycles. The molecule has 19 heavy (non-hydrogen) atoms. The van der Waals surface area contributed by atoms with E-state index in [0.29, 0.717) is 11.6 Å². The van der Waals surface area contributed by atoms with Crippen molar-refractivity contribution in [3.63, 3.8) is 0 Å². The zero-order chi connectivity index (χ0) is 13.8. The second-order valence-electron chi connectivity index (χ2n) is 4.43. The fraction of sp³-hybridized carbons (Fsp3) is 0.200. The summed E-state index contributed by atoms with van der Waals surface area (Å²) in [6, 6.07) is 13.7. The first-order valence-corrected chi connectivity index (χ1v) is 6.80. The van der Waals surface area contributed by atoms with Gasteiger partial charge in [-0.15, -0.1) is 0 Å². The van der Waals surface area contributed by atoms with Crippen LogP contribution in [0.4, 0.5) is 5.69 Å². The zero-order valence-corrected chi connectivity index (χ0v) is 12.2. The predicted molar refractivity (Wildman–Crippen MR) is 82.9 cm³/mol. The highest BCUT2D eigenvalue weighted by atomic mass is 35.5. The first-order valence-electron chi connectivity index (χ1n) is 6.05. The second-order valence-corrected chi connectivity index (χ2v) is 5.27. The van der Waals surface area contributed by atoms with Gasteiger partial charge in [-0.25, -0.2) is 0 Å². The topological polar surface area (TPSA) is 29.3 Å². The van der Waals surface area contributed by atoms with Crippen LogP contribution in [0, 0.1) is 0 Å². The maximum atomic E-state index is 6.17. The van der Waals surface area contributed by atoms with Crippen LogP contribution < -0.4 is 10.6 Å². The minimum atomic E-state index is 0.425. The van der Waals surface area contributed by atoms with Gasteiger partial charge in [0.25, 0.3) is 0 Å². The molecule has 2 nitrogen and oxygen atoms in total. The predicted octanol–water partition coefficient (Wildman–Crippen LogP) is 4.09.